The molecule has 0 fully saturated rings. The molecular weight excluding hydrogens is 286 g/mol. The quantitative estimate of drug-likeness (QED) is 0.878. The summed E-state index contributed by atoms with van der Waals surface area (Å²) < 4.78 is 4.99. The molecule has 2 aromatic carbocycles. The first-order chi connectivity index (χ1) is 10.5. The van der Waals surface area contributed by atoms with Crippen LogP contribution in [0.3, 0.4) is 0 Å². The summed E-state index contributed by atoms with van der Waals surface area (Å²) >= 11 is 0. The van der Waals surface area contributed by atoms with Gasteiger partial charge in [0, 0.05) is 0 Å². The van der Waals surface area contributed by atoms with Crippen molar-refractivity contribution >= 4 is 23.5 Å². The molecule has 1 aliphatic rings. The molecule has 110 valence electrons. The number of rotatable bonds is 3. The van der Waals surface area contributed by atoms with Crippen molar-refractivity contribution < 1.29 is 24.2 Å². The highest BCUT2D eigenvalue weighted by atomic mass is 16.5. The lowest BCUT2D eigenvalue weighted by Gasteiger charge is -2.17. The number of amides is 2. The van der Waals surface area contributed by atoms with Gasteiger partial charge in [0.15, 0.2) is 0 Å². The van der Waals surface area contributed by atoms with E-state index in [1.165, 1.54) is 25.3 Å². The van der Waals surface area contributed by atoms with Gasteiger partial charge >= 0.3 is 5.97 Å². The zero-order valence-corrected chi connectivity index (χ0v) is 11.6. The van der Waals surface area contributed by atoms with E-state index in [2.05, 4.69) is 0 Å². The Balaban J connectivity index is 2.16. The molecule has 1 aliphatic heterocycles. The van der Waals surface area contributed by atoms with Gasteiger partial charge in [0.2, 0.25) is 0 Å². The second-order valence-electron chi connectivity index (χ2n) is 4.68. The number of imide groups is 1. The highest BCUT2D eigenvalue weighted by Gasteiger charge is 2.38. The van der Waals surface area contributed by atoms with Crippen molar-refractivity contribution in [3.05, 3.63) is 59.2 Å². The van der Waals surface area contributed by atoms with Gasteiger partial charge < -0.3 is 9.84 Å². The van der Waals surface area contributed by atoms with Crippen LogP contribution in [0.25, 0.3) is 0 Å². The zero-order chi connectivity index (χ0) is 15.9. The number of nitrogens with zero attached hydrogens (tertiary/aromatic N) is 1. The van der Waals surface area contributed by atoms with Crippen molar-refractivity contribution in [1.82, 2.24) is 0 Å². The third-order valence-corrected chi connectivity index (χ3v) is 3.47. The van der Waals surface area contributed by atoms with Gasteiger partial charge in [0.25, 0.3) is 11.8 Å². The van der Waals surface area contributed by atoms with Crippen molar-refractivity contribution in [2.75, 3.05) is 12.0 Å². The summed E-state index contributed by atoms with van der Waals surface area (Å²) in [6.45, 7) is 0. The Kier molecular flexibility index (Phi) is 3.14. The Bertz CT molecular complexity index is 777. The lowest BCUT2D eigenvalue weighted by molar-refractivity contribution is 0.0697. The van der Waals surface area contributed by atoms with E-state index >= 15 is 0 Å². The number of fused-ring (bicyclic) bond motifs is 1. The number of methoxy groups -OCH3 is 1. The molecule has 22 heavy (non-hydrogen) atoms. The first-order valence-corrected chi connectivity index (χ1v) is 6.43. The maximum Gasteiger partial charge on any atom is 0.337 e. The normalized spacial score (nSPS) is 13.2. The summed E-state index contributed by atoms with van der Waals surface area (Å²) in [5.74, 6) is -1.98. The fraction of sp³-hybridized carbons (Fsp3) is 0.0625. The smallest absolute Gasteiger partial charge is 0.337 e. The predicted molar refractivity (Wildman–Crippen MR) is 77.5 cm³/mol. The number of ether oxygens (including phenoxy) is 1. The number of carbonyl (C=O) groups is 3. The first-order valence-electron chi connectivity index (χ1n) is 6.43. The Morgan fingerprint density at radius 2 is 1.64 bits per heavy atom. The van der Waals surface area contributed by atoms with Crippen LogP contribution in [0.2, 0.25) is 0 Å². The van der Waals surface area contributed by atoms with E-state index in [1.807, 2.05) is 0 Å². The molecule has 0 unspecified atom stereocenters. The van der Waals surface area contributed by atoms with Crippen LogP contribution in [0.15, 0.2) is 42.5 Å². The van der Waals surface area contributed by atoms with Crippen LogP contribution in [0.1, 0.15) is 31.1 Å². The molecule has 1 heterocycles. The largest absolute Gasteiger partial charge is 0.497 e. The maximum atomic E-state index is 12.4. The van der Waals surface area contributed by atoms with Crippen LogP contribution in [0.5, 0.6) is 5.75 Å². The molecular formula is C16H11NO5. The topological polar surface area (TPSA) is 83.9 Å². The van der Waals surface area contributed by atoms with Crippen LogP contribution in [0.4, 0.5) is 5.69 Å². The fourth-order valence-corrected chi connectivity index (χ4v) is 2.42. The summed E-state index contributed by atoms with van der Waals surface area (Å²) in [6.07, 6.45) is 0. The summed E-state index contributed by atoms with van der Waals surface area (Å²) in [5.41, 5.74) is 0.382. The van der Waals surface area contributed by atoms with Gasteiger partial charge in [-0.15, -0.1) is 0 Å². The number of hydrogen-bond acceptors (Lipinski definition) is 4. The standard InChI is InChI=1S/C16H11NO5/c1-22-9-6-7-13(12(8-9)16(20)21)17-14(18)10-4-2-3-5-11(10)15(17)19/h2-8H,1H3,(H,20,21). The number of benzene rings is 2. The zero-order valence-electron chi connectivity index (χ0n) is 11.6. The van der Waals surface area contributed by atoms with E-state index in [0.717, 1.165) is 4.90 Å². The van der Waals surface area contributed by atoms with Gasteiger partial charge in [-0.3, -0.25) is 9.59 Å². The molecule has 1 N–H and O–H groups in total. The number of carboxylic acids is 1. The lowest BCUT2D eigenvalue weighted by Crippen LogP contribution is -2.31. The number of carboxylic acid groups (broad SMARTS) is 1. The highest BCUT2D eigenvalue weighted by Crippen LogP contribution is 2.32. The van der Waals surface area contributed by atoms with Crippen molar-refractivity contribution in [1.29, 1.82) is 0 Å². The van der Waals surface area contributed by atoms with Gasteiger partial charge in [-0.05, 0) is 30.3 Å². The molecule has 0 radical (unpaired) electrons. The number of aromatic carboxylic acids is 1. The van der Waals surface area contributed by atoms with E-state index in [0.29, 0.717) is 5.75 Å². The fourth-order valence-electron chi connectivity index (χ4n) is 2.42. The average molecular weight is 297 g/mol. The van der Waals surface area contributed by atoms with Crippen molar-refractivity contribution in [2.45, 2.75) is 0 Å². The maximum absolute atomic E-state index is 12.4. The third kappa shape index (κ3) is 1.93. The molecule has 0 spiro atoms. The second-order valence-corrected chi connectivity index (χ2v) is 4.68. The van der Waals surface area contributed by atoms with Crippen molar-refractivity contribution in [3.63, 3.8) is 0 Å². The van der Waals surface area contributed by atoms with Gasteiger partial charge in [-0.1, -0.05) is 12.1 Å². The van der Waals surface area contributed by atoms with E-state index in [1.54, 1.807) is 24.3 Å². The molecule has 3 rings (SSSR count). The molecule has 0 aliphatic carbocycles. The minimum Gasteiger partial charge on any atom is -0.497 e. The first kappa shape index (κ1) is 13.8. The van der Waals surface area contributed by atoms with E-state index in [-0.39, 0.29) is 22.4 Å². The minimum atomic E-state index is -1.24. The van der Waals surface area contributed by atoms with Gasteiger partial charge in [-0.2, -0.15) is 0 Å². The molecule has 6 nitrogen and oxygen atoms in total. The molecule has 2 aromatic rings. The van der Waals surface area contributed by atoms with E-state index in [4.69, 9.17) is 4.74 Å². The van der Waals surface area contributed by atoms with Crippen LogP contribution in [-0.2, 0) is 0 Å². The van der Waals surface area contributed by atoms with Crippen LogP contribution in [0, 0.1) is 0 Å². The van der Waals surface area contributed by atoms with E-state index < -0.39 is 17.8 Å². The second kappa shape index (κ2) is 5.00. The lowest BCUT2D eigenvalue weighted by atomic mass is 10.1. The van der Waals surface area contributed by atoms with Gasteiger partial charge in [0.05, 0.1) is 29.5 Å². The van der Waals surface area contributed by atoms with Crippen LogP contribution < -0.4 is 9.64 Å². The summed E-state index contributed by atoms with van der Waals surface area (Å²) in [5, 5.41) is 9.33. The number of carbonyl (C=O) groups excluding carboxylic acids is 2. The summed E-state index contributed by atoms with van der Waals surface area (Å²) in [6, 6.07) is 10.6. The molecule has 0 saturated heterocycles. The van der Waals surface area contributed by atoms with Gasteiger partial charge in [0.1, 0.15) is 5.75 Å². The molecule has 0 atom stereocenters. The molecule has 2 amide bonds. The number of anilines is 1. The molecule has 0 aromatic heterocycles. The summed E-state index contributed by atoms with van der Waals surface area (Å²) in [7, 11) is 1.41. The van der Waals surface area contributed by atoms with Crippen LogP contribution in [-0.4, -0.2) is 30.0 Å². The van der Waals surface area contributed by atoms with Gasteiger partial charge in [-0.25, -0.2) is 9.69 Å². The van der Waals surface area contributed by atoms with Crippen molar-refractivity contribution in [2.24, 2.45) is 0 Å². The van der Waals surface area contributed by atoms with E-state index in [9.17, 15) is 19.5 Å². The summed E-state index contributed by atoms with van der Waals surface area (Å²) in [4.78, 5) is 37.1. The Hall–Kier alpha value is -3.15. The minimum absolute atomic E-state index is 0.0273. The monoisotopic (exact) mass is 297 g/mol. The average Bonchev–Trinajstić information content (AvgIpc) is 2.79. The molecule has 6 heteroatoms. The third-order valence-electron chi connectivity index (χ3n) is 3.47. The highest BCUT2D eigenvalue weighted by molar-refractivity contribution is 6.35. The van der Waals surface area contributed by atoms with Crippen molar-refractivity contribution in [3.8, 4) is 5.75 Å². The molecule has 0 saturated carbocycles. The molecule has 0 bridgehead atoms. The predicted octanol–water partition coefficient (Wildman–Crippen LogP) is 2.19. The Labute approximate surface area is 125 Å². The Morgan fingerprint density at radius 3 is 2.14 bits per heavy atom. The Morgan fingerprint density at radius 1 is 1.05 bits per heavy atom. The van der Waals surface area contributed by atoms with Crippen LogP contribution >= 0.6 is 0 Å². The SMILES string of the molecule is COc1ccc(N2C(=O)c3ccccc3C2=O)c(C(=O)O)c1. The number of hydrogen-bond donors (Lipinski definition) is 1.